The molecule has 160 valence electrons. The number of ketones is 1. The number of hydrogen-bond acceptors (Lipinski definition) is 5. The molecule has 30 heavy (non-hydrogen) atoms. The van der Waals surface area contributed by atoms with E-state index in [1.807, 2.05) is 50.3 Å². The van der Waals surface area contributed by atoms with Gasteiger partial charge in [-0.1, -0.05) is 57.7 Å². The van der Waals surface area contributed by atoms with Crippen molar-refractivity contribution in [3.05, 3.63) is 74.8 Å². The average Bonchev–Trinajstić information content (AvgIpc) is 3.09. The molecule has 1 aromatic rings. The van der Waals surface area contributed by atoms with E-state index in [1.165, 1.54) is 0 Å². The normalized spacial score (nSPS) is 21.7. The van der Waals surface area contributed by atoms with Crippen LogP contribution in [0.25, 0.3) is 0 Å². The summed E-state index contributed by atoms with van der Waals surface area (Å²) in [4.78, 5) is 12.7. The Kier molecular flexibility index (Phi) is 6.75. The van der Waals surface area contributed by atoms with Gasteiger partial charge in [-0.3, -0.25) is 4.79 Å². The molecular formula is C23H27NO4S2. The Morgan fingerprint density at radius 3 is 2.40 bits per heavy atom. The molecular weight excluding hydrogens is 418 g/mol. The number of carbonyl (C=O) groups excluding carboxylic acids is 1. The third-order valence-electron chi connectivity index (χ3n) is 5.13. The van der Waals surface area contributed by atoms with Gasteiger partial charge in [-0.05, 0) is 68.4 Å². The standard InChI is InChI=1S/C23H27NO4S2/c1-15-11-17(3)23(18(4)12-15)30(26,27)28-24-29-10-6-7-22(29)20-9-8-16(2)21(14-20)13-19(5)25/h6-9,11-12H,10,13-14H2,1-5H3. The average molecular weight is 446 g/mol. The Bertz CT molecular complexity index is 1140. The van der Waals surface area contributed by atoms with E-state index in [-0.39, 0.29) is 10.7 Å². The highest BCUT2D eigenvalue weighted by Crippen LogP contribution is 2.32. The second-order valence-corrected chi connectivity index (χ2v) is 10.9. The zero-order chi connectivity index (χ0) is 22.1. The van der Waals surface area contributed by atoms with Gasteiger partial charge >= 0.3 is 10.1 Å². The number of rotatable bonds is 5. The number of carbonyl (C=O) groups is 1. The lowest BCUT2D eigenvalue weighted by molar-refractivity contribution is -0.116. The zero-order valence-electron chi connectivity index (χ0n) is 18.0. The molecule has 0 saturated carbocycles. The summed E-state index contributed by atoms with van der Waals surface area (Å²) in [7, 11) is -4.70. The van der Waals surface area contributed by atoms with E-state index in [2.05, 4.69) is 4.53 Å². The predicted molar refractivity (Wildman–Crippen MR) is 122 cm³/mol. The van der Waals surface area contributed by atoms with E-state index in [1.54, 1.807) is 20.8 Å². The van der Waals surface area contributed by atoms with Gasteiger partial charge in [0.1, 0.15) is 10.7 Å². The fourth-order valence-corrected chi connectivity index (χ4v) is 6.75. The molecule has 0 spiro atoms. The molecule has 0 saturated heterocycles. The summed E-state index contributed by atoms with van der Waals surface area (Å²) >= 11 is 0. The van der Waals surface area contributed by atoms with Gasteiger partial charge in [0.05, 0.1) is 0 Å². The first-order chi connectivity index (χ1) is 14.1. The molecule has 1 unspecified atom stereocenters. The molecule has 1 heterocycles. The lowest BCUT2D eigenvalue weighted by Gasteiger charge is -2.17. The molecule has 1 aromatic carbocycles. The molecule has 0 bridgehead atoms. The Morgan fingerprint density at radius 2 is 1.77 bits per heavy atom. The van der Waals surface area contributed by atoms with Crippen LogP contribution in [0.15, 0.2) is 67.5 Å². The topological polar surface area (TPSA) is 72.8 Å². The van der Waals surface area contributed by atoms with Crippen LogP contribution in [0.3, 0.4) is 0 Å². The third kappa shape index (κ3) is 4.96. The minimum absolute atomic E-state index is 0.132. The summed E-state index contributed by atoms with van der Waals surface area (Å²) in [5.74, 6) is 0.742. The van der Waals surface area contributed by atoms with Crippen molar-refractivity contribution in [1.29, 1.82) is 0 Å². The van der Waals surface area contributed by atoms with E-state index < -0.39 is 20.8 Å². The van der Waals surface area contributed by atoms with Gasteiger partial charge in [0.2, 0.25) is 0 Å². The highest BCUT2D eigenvalue weighted by atomic mass is 32.2. The Morgan fingerprint density at radius 1 is 1.10 bits per heavy atom. The predicted octanol–water partition coefficient (Wildman–Crippen LogP) is 5.11. The van der Waals surface area contributed by atoms with Gasteiger partial charge in [-0.25, -0.2) is 0 Å². The summed E-state index contributed by atoms with van der Waals surface area (Å²) in [6.45, 7) is 9.06. The van der Waals surface area contributed by atoms with Crippen molar-refractivity contribution in [3.63, 3.8) is 0 Å². The largest absolute Gasteiger partial charge is 0.320 e. The Hall–Kier alpha value is -2.09. The van der Waals surface area contributed by atoms with Crippen molar-refractivity contribution in [1.82, 2.24) is 0 Å². The first kappa shape index (κ1) is 22.6. The number of aryl methyl sites for hydroxylation is 3. The number of allylic oxidation sites excluding steroid dienone is 6. The van der Waals surface area contributed by atoms with Crippen LogP contribution in [0.2, 0.25) is 0 Å². The van der Waals surface area contributed by atoms with Crippen LogP contribution in [-0.2, 0) is 29.9 Å². The van der Waals surface area contributed by atoms with Gasteiger partial charge in [-0.15, -0.1) is 4.28 Å². The molecule has 0 fully saturated rings. The van der Waals surface area contributed by atoms with Gasteiger partial charge in [0.15, 0.2) is 0 Å². The van der Waals surface area contributed by atoms with Crippen molar-refractivity contribution in [2.45, 2.75) is 52.4 Å². The summed E-state index contributed by atoms with van der Waals surface area (Å²) in [5.41, 5.74) is 5.57. The number of hydrogen-bond donors (Lipinski definition) is 0. The van der Waals surface area contributed by atoms with E-state index in [9.17, 15) is 13.2 Å². The SMILES string of the molecule is CC(=O)CC1=C(C)C=CC(=C2C=CCS2=NOS(=O)(=O)c2c(C)cc(C)cc2C)C1. The second kappa shape index (κ2) is 8.96. The van der Waals surface area contributed by atoms with Crippen LogP contribution in [0.4, 0.5) is 0 Å². The van der Waals surface area contributed by atoms with E-state index >= 15 is 0 Å². The molecule has 1 atom stereocenters. The van der Waals surface area contributed by atoms with Gasteiger partial charge < -0.3 is 0 Å². The maximum atomic E-state index is 12.8. The second-order valence-electron chi connectivity index (χ2n) is 7.83. The zero-order valence-corrected chi connectivity index (χ0v) is 19.6. The summed E-state index contributed by atoms with van der Waals surface area (Å²) in [5, 5.41) is 0. The Balaban J connectivity index is 1.89. The maximum Gasteiger partial charge on any atom is 0.320 e. The lowest BCUT2D eigenvalue weighted by atomic mass is 9.91. The van der Waals surface area contributed by atoms with Gasteiger partial charge in [-0.2, -0.15) is 8.42 Å². The van der Waals surface area contributed by atoms with Crippen molar-refractivity contribution in [3.8, 4) is 0 Å². The Labute approximate surface area is 181 Å². The fourth-order valence-electron chi connectivity index (χ4n) is 3.86. The highest BCUT2D eigenvalue weighted by Gasteiger charge is 2.23. The van der Waals surface area contributed by atoms with E-state index in [4.69, 9.17) is 4.28 Å². The molecule has 7 heteroatoms. The summed E-state index contributed by atoms with van der Waals surface area (Å²) in [6, 6.07) is 3.65. The van der Waals surface area contributed by atoms with Crippen LogP contribution in [0, 0.1) is 20.8 Å². The third-order valence-corrected chi connectivity index (χ3v) is 8.30. The minimum Gasteiger partial charge on any atom is -0.300 e. The molecule has 1 aliphatic carbocycles. The first-order valence-electron chi connectivity index (χ1n) is 9.78. The smallest absolute Gasteiger partial charge is 0.300 e. The molecule has 0 radical (unpaired) electrons. The summed E-state index contributed by atoms with van der Waals surface area (Å²) < 4.78 is 35.0. The lowest BCUT2D eigenvalue weighted by Crippen LogP contribution is -2.09. The van der Waals surface area contributed by atoms with Crippen LogP contribution >= 0.6 is 0 Å². The highest BCUT2D eigenvalue weighted by molar-refractivity contribution is 7.92. The molecule has 2 aliphatic rings. The summed E-state index contributed by atoms with van der Waals surface area (Å²) in [6.07, 6.45) is 9.10. The first-order valence-corrected chi connectivity index (χ1v) is 12.5. The molecule has 3 rings (SSSR count). The fraction of sp³-hybridized carbons (Fsp3) is 0.348. The van der Waals surface area contributed by atoms with Crippen molar-refractivity contribution in [2.75, 3.05) is 5.75 Å². The quantitative estimate of drug-likeness (QED) is 0.590. The van der Waals surface area contributed by atoms with E-state index in [0.29, 0.717) is 29.7 Å². The van der Waals surface area contributed by atoms with Gasteiger partial charge in [0, 0.05) is 17.1 Å². The number of nitrogens with zero attached hydrogens (tertiary/aromatic N) is 1. The monoisotopic (exact) mass is 445 g/mol. The van der Waals surface area contributed by atoms with Gasteiger partial charge in [0.25, 0.3) is 0 Å². The molecule has 0 aromatic heterocycles. The van der Waals surface area contributed by atoms with Crippen LogP contribution in [0.1, 0.15) is 43.4 Å². The van der Waals surface area contributed by atoms with Crippen molar-refractivity contribution >= 4 is 26.6 Å². The van der Waals surface area contributed by atoms with Crippen molar-refractivity contribution < 1.29 is 17.5 Å². The van der Waals surface area contributed by atoms with Crippen LogP contribution in [0.5, 0.6) is 0 Å². The molecule has 5 nitrogen and oxygen atoms in total. The molecule has 0 amide bonds. The van der Waals surface area contributed by atoms with Crippen LogP contribution in [-0.4, -0.2) is 20.0 Å². The number of Topliss-reactive ketones (excluding diaryl/α,β-unsaturated/α-hetero) is 1. The molecule has 0 N–H and O–H groups in total. The van der Waals surface area contributed by atoms with Crippen molar-refractivity contribution in [2.24, 2.45) is 4.53 Å². The van der Waals surface area contributed by atoms with Crippen LogP contribution < -0.4 is 0 Å². The number of benzene rings is 1. The molecule has 1 aliphatic heterocycles. The maximum absolute atomic E-state index is 12.8. The van der Waals surface area contributed by atoms with E-state index in [0.717, 1.165) is 27.2 Å². The minimum atomic E-state index is -4.00.